The summed E-state index contributed by atoms with van der Waals surface area (Å²) in [6.07, 6.45) is 0.686. The maximum Gasteiger partial charge on any atom is 0.161 e. The molecule has 6 nitrogen and oxygen atoms in total. The van der Waals surface area contributed by atoms with Gasteiger partial charge in [-0.15, -0.1) is 0 Å². The van der Waals surface area contributed by atoms with E-state index in [-0.39, 0.29) is 5.82 Å². The predicted octanol–water partition coefficient (Wildman–Crippen LogP) is 4.59. The van der Waals surface area contributed by atoms with E-state index in [1.807, 2.05) is 42.5 Å². The molecule has 0 spiro atoms. The molecule has 0 saturated carbocycles. The number of rotatable bonds is 11. The highest BCUT2D eigenvalue weighted by Crippen LogP contribution is 2.29. The molecule has 198 valence electrons. The molecule has 0 bridgehead atoms. The number of hydrogen-bond donors (Lipinski definition) is 1. The number of halogens is 1. The Kier molecular flexibility index (Phi) is 9.61. The number of aromatic nitrogens is 2. The van der Waals surface area contributed by atoms with E-state index in [1.165, 1.54) is 6.07 Å². The summed E-state index contributed by atoms with van der Waals surface area (Å²) in [7, 11) is 0. The van der Waals surface area contributed by atoms with Gasteiger partial charge < -0.3 is 14.7 Å². The van der Waals surface area contributed by atoms with Crippen molar-refractivity contribution >= 4 is 5.82 Å². The Bertz CT molecular complexity index is 1130. The molecule has 2 heterocycles. The third-order valence-electron chi connectivity index (χ3n) is 6.67. The van der Waals surface area contributed by atoms with Gasteiger partial charge in [0, 0.05) is 62.6 Å². The van der Waals surface area contributed by atoms with Gasteiger partial charge in [0.1, 0.15) is 11.6 Å². The van der Waals surface area contributed by atoms with Crippen molar-refractivity contribution in [2.24, 2.45) is 5.92 Å². The maximum atomic E-state index is 14.6. The number of aliphatic hydroxyl groups is 1. The first-order valence-corrected chi connectivity index (χ1v) is 13.4. The van der Waals surface area contributed by atoms with Crippen LogP contribution in [-0.2, 0) is 17.6 Å². The van der Waals surface area contributed by atoms with E-state index in [9.17, 15) is 9.50 Å². The first kappa shape index (κ1) is 27.2. The fourth-order valence-electron chi connectivity index (χ4n) is 4.73. The van der Waals surface area contributed by atoms with Crippen LogP contribution in [0.15, 0.2) is 54.6 Å². The molecule has 37 heavy (non-hydrogen) atoms. The standard InChI is InChI=1S/C30H39FN4O2/c1-4-28-26(18-24-12-8-9-13-27(24)31)30(33-29(32-28)23-10-6-5-7-11-23)35-16-14-34(15-17-35)19-25(36)21-37-20-22(2)3/h5-13,22,25,36H,4,14-21H2,1-3H3/t25-/m0/s1. The van der Waals surface area contributed by atoms with Crippen molar-refractivity contribution < 1.29 is 14.2 Å². The van der Waals surface area contributed by atoms with Gasteiger partial charge in [0.25, 0.3) is 0 Å². The van der Waals surface area contributed by atoms with Gasteiger partial charge in [-0.2, -0.15) is 0 Å². The van der Waals surface area contributed by atoms with Crippen LogP contribution < -0.4 is 4.90 Å². The van der Waals surface area contributed by atoms with Crippen molar-refractivity contribution in [1.82, 2.24) is 14.9 Å². The number of anilines is 1. The Labute approximate surface area is 220 Å². The van der Waals surface area contributed by atoms with Crippen LogP contribution in [0.3, 0.4) is 0 Å². The minimum absolute atomic E-state index is 0.207. The van der Waals surface area contributed by atoms with Crippen molar-refractivity contribution in [3.8, 4) is 11.4 Å². The molecule has 0 radical (unpaired) electrons. The van der Waals surface area contributed by atoms with E-state index < -0.39 is 6.10 Å². The highest BCUT2D eigenvalue weighted by atomic mass is 19.1. The second kappa shape index (κ2) is 13.1. The van der Waals surface area contributed by atoms with E-state index in [2.05, 4.69) is 30.6 Å². The summed E-state index contributed by atoms with van der Waals surface area (Å²) in [6.45, 7) is 11.1. The van der Waals surface area contributed by atoms with Gasteiger partial charge in [-0.25, -0.2) is 14.4 Å². The summed E-state index contributed by atoms with van der Waals surface area (Å²) in [5.74, 6) is 1.83. The number of aryl methyl sites for hydroxylation is 1. The number of piperazine rings is 1. The normalized spacial score (nSPS) is 15.4. The number of nitrogens with zero attached hydrogens (tertiary/aromatic N) is 4. The van der Waals surface area contributed by atoms with Crippen LogP contribution in [0.25, 0.3) is 11.4 Å². The van der Waals surface area contributed by atoms with Gasteiger partial charge in [-0.3, -0.25) is 4.90 Å². The van der Waals surface area contributed by atoms with Gasteiger partial charge in [-0.05, 0) is 24.0 Å². The number of benzene rings is 2. The van der Waals surface area contributed by atoms with Crippen molar-refractivity contribution in [3.05, 3.63) is 77.2 Å². The van der Waals surface area contributed by atoms with E-state index in [0.29, 0.717) is 43.5 Å². The number of aliphatic hydroxyl groups excluding tert-OH is 1. The Morgan fingerprint density at radius 2 is 1.65 bits per heavy atom. The fraction of sp³-hybridized carbons (Fsp3) is 0.467. The lowest BCUT2D eigenvalue weighted by atomic mass is 10.0. The fourth-order valence-corrected chi connectivity index (χ4v) is 4.73. The molecule has 0 unspecified atom stereocenters. The molecule has 1 fully saturated rings. The Morgan fingerprint density at radius 3 is 2.32 bits per heavy atom. The minimum Gasteiger partial charge on any atom is -0.389 e. The van der Waals surface area contributed by atoms with Gasteiger partial charge >= 0.3 is 0 Å². The molecule has 1 atom stereocenters. The van der Waals surface area contributed by atoms with Crippen molar-refractivity contribution in [2.75, 3.05) is 50.8 Å². The number of hydrogen-bond acceptors (Lipinski definition) is 6. The average Bonchev–Trinajstić information content (AvgIpc) is 2.90. The Morgan fingerprint density at radius 1 is 0.946 bits per heavy atom. The topological polar surface area (TPSA) is 61.7 Å². The Balaban J connectivity index is 1.56. The number of ether oxygens (including phenoxy) is 1. The maximum absolute atomic E-state index is 14.6. The largest absolute Gasteiger partial charge is 0.389 e. The monoisotopic (exact) mass is 506 g/mol. The molecular formula is C30H39FN4O2. The van der Waals surface area contributed by atoms with Gasteiger partial charge in [-0.1, -0.05) is 69.3 Å². The van der Waals surface area contributed by atoms with Crippen LogP contribution in [0.1, 0.15) is 37.6 Å². The second-order valence-electron chi connectivity index (χ2n) is 10.2. The van der Waals surface area contributed by atoms with Crippen LogP contribution >= 0.6 is 0 Å². The van der Waals surface area contributed by atoms with E-state index in [4.69, 9.17) is 14.7 Å². The van der Waals surface area contributed by atoms with Crippen LogP contribution in [-0.4, -0.2) is 72.0 Å². The zero-order valence-corrected chi connectivity index (χ0v) is 22.2. The summed E-state index contributed by atoms with van der Waals surface area (Å²) in [6, 6.07) is 17.0. The number of β-amino-alcohol motifs (C(OH)–C–C–N with tert-alkyl or cyclic N) is 1. The first-order chi connectivity index (χ1) is 17.9. The molecule has 7 heteroatoms. The predicted molar refractivity (Wildman–Crippen MR) is 146 cm³/mol. The summed E-state index contributed by atoms with van der Waals surface area (Å²) in [5, 5.41) is 10.4. The third kappa shape index (κ3) is 7.34. The molecule has 1 aliphatic rings. The van der Waals surface area contributed by atoms with Gasteiger partial charge in [0.15, 0.2) is 5.82 Å². The van der Waals surface area contributed by atoms with Crippen LogP contribution in [0.4, 0.5) is 10.2 Å². The second-order valence-corrected chi connectivity index (χ2v) is 10.2. The summed E-state index contributed by atoms with van der Waals surface area (Å²) in [4.78, 5) is 14.5. The molecule has 4 rings (SSSR count). The molecule has 3 aromatic rings. The van der Waals surface area contributed by atoms with Crippen LogP contribution in [0.2, 0.25) is 0 Å². The van der Waals surface area contributed by atoms with Gasteiger partial charge in [0.05, 0.1) is 12.7 Å². The van der Waals surface area contributed by atoms with Crippen molar-refractivity contribution in [2.45, 2.75) is 39.7 Å². The third-order valence-corrected chi connectivity index (χ3v) is 6.67. The first-order valence-electron chi connectivity index (χ1n) is 13.4. The lowest BCUT2D eigenvalue weighted by Crippen LogP contribution is -2.49. The molecular weight excluding hydrogens is 467 g/mol. The molecule has 1 saturated heterocycles. The summed E-state index contributed by atoms with van der Waals surface area (Å²) < 4.78 is 20.3. The highest BCUT2D eigenvalue weighted by molar-refractivity contribution is 5.61. The SMILES string of the molecule is CCc1nc(-c2ccccc2)nc(N2CCN(C[C@H](O)COCC(C)C)CC2)c1Cc1ccccc1F. The van der Waals surface area contributed by atoms with Crippen molar-refractivity contribution in [1.29, 1.82) is 0 Å². The molecule has 2 aromatic carbocycles. The average molecular weight is 507 g/mol. The van der Waals surface area contributed by atoms with Crippen molar-refractivity contribution in [3.63, 3.8) is 0 Å². The van der Waals surface area contributed by atoms with E-state index in [1.54, 1.807) is 6.07 Å². The lowest BCUT2D eigenvalue weighted by Gasteiger charge is -2.37. The molecule has 1 aromatic heterocycles. The van der Waals surface area contributed by atoms with E-state index >= 15 is 0 Å². The molecule has 1 N–H and O–H groups in total. The lowest BCUT2D eigenvalue weighted by molar-refractivity contribution is 0.00745. The molecule has 0 amide bonds. The summed E-state index contributed by atoms with van der Waals surface area (Å²) in [5.41, 5.74) is 3.56. The zero-order valence-electron chi connectivity index (χ0n) is 22.2. The van der Waals surface area contributed by atoms with Crippen LogP contribution in [0, 0.1) is 11.7 Å². The Hall–Kier alpha value is -2.87. The molecule has 1 aliphatic heterocycles. The zero-order chi connectivity index (χ0) is 26.2. The van der Waals surface area contributed by atoms with Crippen LogP contribution in [0.5, 0.6) is 0 Å². The van der Waals surface area contributed by atoms with Gasteiger partial charge in [0.2, 0.25) is 0 Å². The summed E-state index contributed by atoms with van der Waals surface area (Å²) >= 11 is 0. The minimum atomic E-state index is -0.502. The highest BCUT2D eigenvalue weighted by Gasteiger charge is 2.25. The smallest absolute Gasteiger partial charge is 0.161 e. The quantitative estimate of drug-likeness (QED) is 0.411. The molecule has 0 aliphatic carbocycles. The van der Waals surface area contributed by atoms with E-state index in [0.717, 1.165) is 55.2 Å².